The molecule has 1 aromatic heterocycles. The fourth-order valence-electron chi connectivity index (χ4n) is 2.47. The molecule has 0 aliphatic rings. The van der Waals surface area contributed by atoms with Crippen LogP contribution in [-0.4, -0.2) is 9.55 Å². The Bertz CT molecular complexity index is 842. The lowest BCUT2D eigenvalue weighted by Gasteiger charge is -2.12. The van der Waals surface area contributed by atoms with Gasteiger partial charge in [0.25, 0.3) is 0 Å². The maximum absolute atomic E-state index is 13.7. The Morgan fingerprint density at radius 2 is 2.00 bits per heavy atom. The van der Waals surface area contributed by atoms with E-state index in [0.29, 0.717) is 10.4 Å². The maximum Gasteiger partial charge on any atom is 0.137 e. The largest absolute Gasteiger partial charge is 0.295 e. The Hall–Kier alpha value is -1.39. The summed E-state index contributed by atoms with van der Waals surface area (Å²) in [4.78, 5) is 4.56. The second kappa shape index (κ2) is 5.43. The molecule has 1 heterocycles. The average Bonchev–Trinajstić information content (AvgIpc) is 2.80. The molecule has 3 aromatic rings. The SMILES string of the molecule is Cc1ccc2nc(CCl)n(-c3cc(Br)c(F)cc3C)c2c1. The molecule has 2 aromatic carbocycles. The highest BCUT2D eigenvalue weighted by molar-refractivity contribution is 9.10. The highest BCUT2D eigenvalue weighted by atomic mass is 79.9. The molecule has 0 spiro atoms. The van der Waals surface area contributed by atoms with Crippen molar-refractivity contribution < 1.29 is 4.39 Å². The van der Waals surface area contributed by atoms with Gasteiger partial charge in [0.15, 0.2) is 0 Å². The Kier molecular flexibility index (Phi) is 3.76. The minimum Gasteiger partial charge on any atom is -0.295 e. The molecule has 0 atom stereocenters. The van der Waals surface area contributed by atoms with Crippen molar-refractivity contribution in [2.24, 2.45) is 0 Å². The molecule has 0 N–H and O–H groups in total. The minimum absolute atomic E-state index is 0.274. The normalized spacial score (nSPS) is 11.3. The number of imidazole rings is 1. The van der Waals surface area contributed by atoms with Crippen LogP contribution in [0.15, 0.2) is 34.8 Å². The number of aryl methyl sites for hydroxylation is 2. The summed E-state index contributed by atoms with van der Waals surface area (Å²) in [6.45, 7) is 3.91. The number of rotatable bonds is 2. The van der Waals surface area contributed by atoms with E-state index in [4.69, 9.17) is 11.6 Å². The van der Waals surface area contributed by atoms with Crippen LogP contribution in [0.1, 0.15) is 17.0 Å². The summed E-state index contributed by atoms with van der Waals surface area (Å²) in [7, 11) is 0. The number of hydrogen-bond acceptors (Lipinski definition) is 1. The third kappa shape index (κ3) is 2.47. The second-order valence-corrected chi connectivity index (χ2v) is 6.16. The van der Waals surface area contributed by atoms with Crippen LogP contribution in [-0.2, 0) is 5.88 Å². The van der Waals surface area contributed by atoms with Crippen molar-refractivity contribution in [1.82, 2.24) is 9.55 Å². The van der Waals surface area contributed by atoms with Crippen molar-refractivity contribution in [2.75, 3.05) is 0 Å². The molecule has 108 valence electrons. The molecule has 3 rings (SSSR count). The van der Waals surface area contributed by atoms with Gasteiger partial charge >= 0.3 is 0 Å². The lowest BCUT2D eigenvalue weighted by atomic mass is 10.1. The van der Waals surface area contributed by atoms with Crippen LogP contribution in [0.3, 0.4) is 0 Å². The number of nitrogens with zero attached hydrogens (tertiary/aromatic N) is 2. The quantitative estimate of drug-likeness (QED) is 0.563. The zero-order valence-electron chi connectivity index (χ0n) is 11.6. The van der Waals surface area contributed by atoms with Crippen LogP contribution in [0.4, 0.5) is 4.39 Å². The highest BCUT2D eigenvalue weighted by Gasteiger charge is 2.15. The fourth-order valence-corrected chi connectivity index (χ4v) is 2.98. The first-order chi connectivity index (χ1) is 10.0. The molecular formula is C16H13BrClFN2. The second-order valence-electron chi connectivity index (χ2n) is 5.04. The van der Waals surface area contributed by atoms with Gasteiger partial charge in [0, 0.05) is 0 Å². The lowest BCUT2D eigenvalue weighted by molar-refractivity contribution is 0.619. The molecule has 5 heteroatoms. The number of alkyl halides is 1. The van der Waals surface area contributed by atoms with E-state index in [9.17, 15) is 4.39 Å². The standard InChI is InChI=1S/C16H13BrClFN2/c1-9-3-4-13-15(5-9)21(16(8-18)20-13)14-7-11(17)12(19)6-10(14)2/h3-7H,8H2,1-2H3. The Morgan fingerprint density at radius 3 is 2.71 bits per heavy atom. The van der Waals surface area contributed by atoms with E-state index in [2.05, 4.69) is 27.0 Å². The number of hydrogen-bond donors (Lipinski definition) is 0. The summed E-state index contributed by atoms with van der Waals surface area (Å²) >= 11 is 9.30. The van der Waals surface area contributed by atoms with Gasteiger partial charge in [0.05, 0.1) is 27.1 Å². The van der Waals surface area contributed by atoms with E-state index >= 15 is 0 Å². The zero-order valence-corrected chi connectivity index (χ0v) is 14.0. The summed E-state index contributed by atoms with van der Waals surface area (Å²) < 4.78 is 16.1. The van der Waals surface area contributed by atoms with E-state index < -0.39 is 0 Å². The lowest BCUT2D eigenvalue weighted by Crippen LogP contribution is -2.02. The minimum atomic E-state index is -0.274. The summed E-state index contributed by atoms with van der Waals surface area (Å²) in [5.41, 5.74) is 4.72. The van der Waals surface area contributed by atoms with Gasteiger partial charge in [-0.05, 0) is 65.2 Å². The molecule has 0 aliphatic carbocycles. The zero-order chi connectivity index (χ0) is 15.1. The van der Waals surface area contributed by atoms with Gasteiger partial charge in [-0.25, -0.2) is 9.37 Å². The average molecular weight is 368 g/mol. The summed E-state index contributed by atoms with van der Waals surface area (Å²) in [5, 5.41) is 0. The van der Waals surface area contributed by atoms with Gasteiger partial charge in [0.2, 0.25) is 0 Å². The van der Waals surface area contributed by atoms with Crippen molar-refractivity contribution >= 4 is 38.6 Å². The van der Waals surface area contributed by atoms with Crippen LogP contribution in [0.5, 0.6) is 0 Å². The van der Waals surface area contributed by atoms with Gasteiger partial charge in [-0.15, -0.1) is 11.6 Å². The maximum atomic E-state index is 13.7. The molecule has 0 radical (unpaired) electrons. The molecule has 0 saturated heterocycles. The molecule has 0 bridgehead atoms. The van der Waals surface area contributed by atoms with Crippen LogP contribution in [0, 0.1) is 19.7 Å². The van der Waals surface area contributed by atoms with Gasteiger partial charge < -0.3 is 0 Å². The molecular weight excluding hydrogens is 355 g/mol. The van der Waals surface area contributed by atoms with E-state index in [0.717, 1.165) is 33.7 Å². The van der Waals surface area contributed by atoms with E-state index in [1.54, 1.807) is 6.07 Å². The number of benzene rings is 2. The van der Waals surface area contributed by atoms with Crippen LogP contribution >= 0.6 is 27.5 Å². The van der Waals surface area contributed by atoms with Crippen molar-refractivity contribution in [2.45, 2.75) is 19.7 Å². The van der Waals surface area contributed by atoms with Crippen LogP contribution in [0.25, 0.3) is 16.7 Å². The molecule has 0 saturated carbocycles. The van der Waals surface area contributed by atoms with Crippen LogP contribution < -0.4 is 0 Å². The van der Waals surface area contributed by atoms with Crippen molar-refractivity contribution in [3.8, 4) is 5.69 Å². The number of halogens is 3. The van der Waals surface area contributed by atoms with E-state index in [1.807, 2.05) is 30.5 Å². The Balaban J connectivity index is 2.38. The third-order valence-corrected chi connectivity index (χ3v) is 4.33. The molecule has 21 heavy (non-hydrogen) atoms. The third-order valence-electron chi connectivity index (χ3n) is 3.48. The first-order valence-electron chi connectivity index (χ1n) is 6.51. The summed E-state index contributed by atoms with van der Waals surface area (Å²) in [5.74, 6) is 0.769. The summed E-state index contributed by atoms with van der Waals surface area (Å²) in [6, 6.07) is 9.34. The van der Waals surface area contributed by atoms with E-state index in [1.165, 1.54) is 6.07 Å². The van der Waals surface area contributed by atoms with Gasteiger partial charge in [-0.2, -0.15) is 0 Å². The number of fused-ring (bicyclic) bond motifs is 1. The van der Waals surface area contributed by atoms with Crippen molar-refractivity contribution in [1.29, 1.82) is 0 Å². The smallest absolute Gasteiger partial charge is 0.137 e. The molecule has 0 fully saturated rings. The van der Waals surface area contributed by atoms with E-state index in [-0.39, 0.29) is 5.82 Å². The van der Waals surface area contributed by atoms with Crippen molar-refractivity contribution in [3.63, 3.8) is 0 Å². The predicted octanol–water partition coefficient (Wildman–Crippen LogP) is 5.28. The molecule has 0 unspecified atom stereocenters. The number of aromatic nitrogens is 2. The fraction of sp³-hybridized carbons (Fsp3) is 0.188. The monoisotopic (exact) mass is 366 g/mol. The first-order valence-corrected chi connectivity index (χ1v) is 7.84. The van der Waals surface area contributed by atoms with Crippen LogP contribution in [0.2, 0.25) is 0 Å². The molecule has 2 nitrogen and oxygen atoms in total. The highest BCUT2D eigenvalue weighted by Crippen LogP contribution is 2.29. The van der Waals surface area contributed by atoms with Gasteiger partial charge in [-0.1, -0.05) is 6.07 Å². The topological polar surface area (TPSA) is 17.8 Å². The molecule has 0 amide bonds. The molecule has 0 aliphatic heterocycles. The predicted molar refractivity (Wildman–Crippen MR) is 87.8 cm³/mol. The Morgan fingerprint density at radius 1 is 1.24 bits per heavy atom. The van der Waals surface area contributed by atoms with Crippen molar-refractivity contribution in [3.05, 3.63) is 57.6 Å². The Labute approximate surface area is 135 Å². The van der Waals surface area contributed by atoms with Gasteiger partial charge in [-0.3, -0.25) is 4.57 Å². The summed E-state index contributed by atoms with van der Waals surface area (Å²) in [6.07, 6.45) is 0. The first kappa shape index (κ1) is 14.5. The van der Waals surface area contributed by atoms with Gasteiger partial charge in [0.1, 0.15) is 11.6 Å².